The first-order chi connectivity index (χ1) is 9.58. The Hall–Kier alpha value is -2.04. The molecule has 2 atom stereocenters. The molecule has 3 N–H and O–H groups in total. The number of nitrogens with one attached hydrogen (secondary N) is 2. The number of hydrogen-bond acceptors (Lipinski definition) is 3. The van der Waals surface area contributed by atoms with Gasteiger partial charge in [0.05, 0.1) is 5.92 Å². The second-order valence-corrected chi connectivity index (χ2v) is 5.22. The van der Waals surface area contributed by atoms with Crippen LogP contribution >= 0.6 is 0 Å². The molecule has 1 amide bonds. The van der Waals surface area contributed by atoms with Gasteiger partial charge >= 0.3 is 5.97 Å². The van der Waals surface area contributed by atoms with Crippen LogP contribution in [0.4, 0.5) is 5.69 Å². The Balaban J connectivity index is 1.85. The lowest BCUT2D eigenvalue weighted by Crippen LogP contribution is -2.37. The zero-order valence-electron chi connectivity index (χ0n) is 11.6. The number of carboxylic acid groups (broad SMARTS) is 1. The van der Waals surface area contributed by atoms with E-state index in [2.05, 4.69) is 10.6 Å². The van der Waals surface area contributed by atoms with Crippen molar-refractivity contribution in [2.45, 2.75) is 38.1 Å². The fourth-order valence-corrected chi connectivity index (χ4v) is 2.49. The topological polar surface area (TPSA) is 78.4 Å². The molecule has 0 fully saturated rings. The molecule has 1 aliphatic rings. The quantitative estimate of drug-likeness (QED) is 0.742. The fourth-order valence-electron chi connectivity index (χ4n) is 2.49. The van der Waals surface area contributed by atoms with Crippen LogP contribution in [-0.2, 0) is 9.59 Å². The van der Waals surface area contributed by atoms with E-state index in [0.29, 0.717) is 19.4 Å². The van der Waals surface area contributed by atoms with Crippen LogP contribution < -0.4 is 10.6 Å². The monoisotopic (exact) mass is 276 g/mol. The number of carbonyl (C=O) groups excluding carboxylic acids is 1. The normalized spacial score (nSPS) is 17.9. The van der Waals surface area contributed by atoms with Crippen molar-refractivity contribution < 1.29 is 14.7 Å². The van der Waals surface area contributed by atoms with E-state index in [1.165, 1.54) is 0 Å². The number of aliphatic carboxylic acids is 1. The number of amides is 1. The Bertz CT molecular complexity index is 502. The van der Waals surface area contributed by atoms with Gasteiger partial charge in [-0.05, 0) is 31.4 Å². The summed E-state index contributed by atoms with van der Waals surface area (Å²) in [4.78, 5) is 22.7. The van der Waals surface area contributed by atoms with Gasteiger partial charge in [0.1, 0.15) is 0 Å². The molecular weight excluding hydrogens is 256 g/mol. The SMILES string of the molecule is CC(CCCC(=O)O)NC(=O)C1CNc2ccccc21. The Morgan fingerprint density at radius 2 is 2.20 bits per heavy atom. The lowest BCUT2D eigenvalue weighted by molar-refractivity contribution is -0.137. The van der Waals surface area contributed by atoms with E-state index in [-0.39, 0.29) is 24.3 Å². The van der Waals surface area contributed by atoms with E-state index < -0.39 is 5.97 Å². The van der Waals surface area contributed by atoms with Crippen molar-refractivity contribution in [3.05, 3.63) is 29.8 Å². The van der Waals surface area contributed by atoms with E-state index >= 15 is 0 Å². The average molecular weight is 276 g/mol. The molecule has 5 heteroatoms. The highest BCUT2D eigenvalue weighted by molar-refractivity contribution is 5.88. The van der Waals surface area contributed by atoms with Crippen molar-refractivity contribution in [3.8, 4) is 0 Å². The minimum Gasteiger partial charge on any atom is -0.481 e. The second-order valence-electron chi connectivity index (χ2n) is 5.22. The van der Waals surface area contributed by atoms with Crippen molar-refractivity contribution >= 4 is 17.6 Å². The van der Waals surface area contributed by atoms with Gasteiger partial charge in [-0.1, -0.05) is 18.2 Å². The molecule has 0 spiro atoms. The van der Waals surface area contributed by atoms with Crippen molar-refractivity contribution in [1.29, 1.82) is 0 Å². The van der Waals surface area contributed by atoms with E-state index in [0.717, 1.165) is 11.3 Å². The van der Waals surface area contributed by atoms with Crippen molar-refractivity contribution in [1.82, 2.24) is 5.32 Å². The lowest BCUT2D eigenvalue weighted by Gasteiger charge is -2.17. The molecular formula is C15H20N2O3. The summed E-state index contributed by atoms with van der Waals surface area (Å²) in [5, 5.41) is 14.8. The standard InChI is InChI=1S/C15H20N2O3/c1-10(5-4-8-14(18)19)17-15(20)12-9-16-13-7-3-2-6-11(12)13/h2-3,6-7,10,12,16H,4-5,8-9H2,1H3,(H,17,20)(H,18,19). The molecule has 1 heterocycles. The number of benzene rings is 1. The van der Waals surface area contributed by atoms with Gasteiger partial charge in [0.25, 0.3) is 0 Å². The number of fused-ring (bicyclic) bond motifs is 1. The maximum absolute atomic E-state index is 12.2. The number of carboxylic acids is 1. The van der Waals surface area contributed by atoms with Gasteiger partial charge in [0.15, 0.2) is 0 Å². The highest BCUT2D eigenvalue weighted by atomic mass is 16.4. The number of anilines is 1. The predicted molar refractivity (Wildman–Crippen MR) is 76.8 cm³/mol. The van der Waals surface area contributed by atoms with E-state index in [1.807, 2.05) is 31.2 Å². The molecule has 0 radical (unpaired) electrons. The minimum absolute atomic E-state index is 0.00488. The van der Waals surface area contributed by atoms with Crippen molar-refractivity contribution in [3.63, 3.8) is 0 Å². The maximum Gasteiger partial charge on any atom is 0.303 e. The number of para-hydroxylation sites is 1. The van der Waals surface area contributed by atoms with Gasteiger partial charge in [-0.2, -0.15) is 0 Å². The molecule has 20 heavy (non-hydrogen) atoms. The smallest absolute Gasteiger partial charge is 0.303 e. The first kappa shape index (κ1) is 14.4. The Kier molecular flexibility index (Phi) is 4.61. The number of rotatable bonds is 6. The van der Waals surface area contributed by atoms with Crippen LogP contribution in [0.2, 0.25) is 0 Å². The van der Waals surface area contributed by atoms with Crippen LogP contribution in [0.1, 0.15) is 37.7 Å². The first-order valence-corrected chi connectivity index (χ1v) is 6.93. The Morgan fingerprint density at radius 3 is 2.95 bits per heavy atom. The highest BCUT2D eigenvalue weighted by Crippen LogP contribution is 2.31. The van der Waals surface area contributed by atoms with E-state index in [4.69, 9.17) is 5.11 Å². The van der Waals surface area contributed by atoms with Gasteiger partial charge < -0.3 is 15.7 Å². The predicted octanol–water partition coefficient (Wildman–Crippen LogP) is 1.96. The van der Waals surface area contributed by atoms with E-state index in [1.54, 1.807) is 0 Å². The summed E-state index contributed by atoms with van der Waals surface area (Å²) in [6.07, 6.45) is 1.41. The molecule has 108 valence electrons. The summed E-state index contributed by atoms with van der Waals surface area (Å²) >= 11 is 0. The second kappa shape index (κ2) is 6.41. The Morgan fingerprint density at radius 1 is 1.45 bits per heavy atom. The zero-order chi connectivity index (χ0) is 14.5. The van der Waals surface area contributed by atoms with Gasteiger partial charge in [0.2, 0.25) is 5.91 Å². The van der Waals surface area contributed by atoms with E-state index in [9.17, 15) is 9.59 Å². The molecule has 0 saturated heterocycles. The van der Waals surface area contributed by atoms with Crippen LogP contribution in [0.3, 0.4) is 0 Å². The van der Waals surface area contributed by atoms with Crippen LogP contribution in [0.25, 0.3) is 0 Å². The van der Waals surface area contributed by atoms with Crippen molar-refractivity contribution in [2.75, 3.05) is 11.9 Å². The molecule has 0 aromatic heterocycles. The molecule has 1 aromatic carbocycles. The van der Waals surface area contributed by atoms with Gasteiger partial charge in [-0.25, -0.2) is 0 Å². The summed E-state index contributed by atoms with van der Waals surface area (Å²) in [5.74, 6) is -0.948. The van der Waals surface area contributed by atoms with Crippen molar-refractivity contribution in [2.24, 2.45) is 0 Å². The molecule has 0 saturated carbocycles. The average Bonchev–Trinajstić information content (AvgIpc) is 2.82. The van der Waals surface area contributed by atoms with Crippen LogP contribution in [-0.4, -0.2) is 29.6 Å². The molecule has 0 aliphatic carbocycles. The summed E-state index contributed by atoms with van der Waals surface area (Å²) in [6.45, 7) is 2.53. The molecule has 2 rings (SSSR count). The third-order valence-electron chi connectivity index (χ3n) is 3.57. The van der Waals surface area contributed by atoms with Crippen LogP contribution in [0.5, 0.6) is 0 Å². The van der Waals surface area contributed by atoms with Gasteiger partial charge in [-0.15, -0.1) is 0 Å². The minimum atomic E-state index is -0.794. The maximum atomic E-state index is 12.2. The fraction of sp³-hybridized carbons (Fsp3) is 0.467. The number of hydrogen-bond donors (Lipinski definition) is 3. The molecule has 2 unspecified atom stereocenters. The summed E-state index contributed by atoms with van der Waals surface area (Å²) in [7, 11) is 0. The van der Waals surface area contributed by atoms with Crippen LogP contribution in [0.15, 0.2) is 24.3 Å². The third kappa shape index (κ3) is 3.50. The largest absolute Gasteiger partial charge is 0.481 e. The van der Waals surface area contributed by atoms with Gasteiger partial charge in [0, 0.05) is 24.7 Å². The third-order valence-corrected chi connectivity index (χ3v) is 3.57. The number of carbonyl (C=O) groups is 2. The molecule has 1 aromatic rings. The molecule has 5 nitrogen and oxygen atoms in total. The highest BCUT2D eigenvalue weighted by Gasteiger charge is 2.28. The lowest BCUT2D eigenvalue weighted by atomic mass is 10.00. The van der Waals surface area contributed by atoms with Gasteiger partial charge in [-0.3, -0.25) is 9.59 Å². The van der Waals surface area contributed by atoms with Crippen LogP contribution in [0, 0.1) is 0 Å². The first-order valence-electron chi connectivity index (χ1n) is 6.93. The summed E-state index contributed by atoms with van der Waals surface area (Å²) < 4.78 is 0. The molecule has 1 aliphatic heterocycles. The molecule has 0 bridgehead atoms. The summed E-state index contributed by atoms with van der Waals surface area (Å²) in [6, 6.07) is 7.81. The Labute approximate surface area is 118 Å². The summed E-state index contributed by atoms with van der Waals surface area (Å²) in [5.41, 5.74) is 2.05. The zero-order valence-corrected chi connectivity index (χ0v) is 11.6.